The Morgan fingerprint density at radius 2 is 2.00 bits per heavy atom. The Morgan fingerprint density at radius 1 is 1.36 bits per heavy atom. The van der Waals surface area contributed by atoms with Gasteiger partial charge in [-0.15, -0.1) is 0 Å². The molecule has 0 saturated carbocycles. The molecule has 0 radical (unpaired) electrons. The number of nitrogens with one attached hydrogen (secondary N) is 1. The zero-order valence-corrected chi connectivity index (χ0v) is 13.0. The third-order valence-electron chi connectivity index (χ3n) is 2.48. The molecule has 1 rings (SSSR count). The van der Waals surface area contributed by atoms with E-state index >= 15 is 0 Å². The molecule has 0 spiro atoms. The second-order valence-electron chi connectivity index (χ2n) is 5.69. The van der Waals surface area contributed by atoms with Crippen LogP contribution in [0.15, 0.2) is 12.1 Å². The van der Waals surface area contributed by atoms with Gasteiger partial charge in [-0.1, -0.05) is 0 Å². The quantitative estimate of drug-likeness (QED) is 0.507. The molecule has 8 nitrogen and oxygen atoms in total. The van der Waals surface area contributed by atoms with E-state index in [-0.39, 0.29) is 30.1 Å². The summed E-state index contributed by atoms with van der Waals surface area (Å²) in [4.78, 5) is 37.1. The Hall–Kier alpha value is -2.51. The van der Waals surface area contributed by atoms with Gasteiger partial charge in [-0.25, -0.2) is 9.78 Å². The normalized spacial score (nSPS) is 10.9. The number of amides is 1. The lowest BCUT2D eigenvalue weighted by atomic mass is 10.2. The van der Waals surface area contributed by atoms with Gasteiger partial charge in [0.15, 0.2) is 5.78 Å². The summed E-state index contributed by atoms with van der Waals surface area (Å²) in [6.07, 6.45) is -0.328. The van der Waals surface area contributed by atoms with Crippen molar-refractivity contribution in [3.63, 3.8) is 0 Å². The van der Waals surface area contributed by atoms with Crippen molar-refractivity contribution in [1.82, 2.24) is 10.3 Å². The van der Waals surface area contributed by atoms with E-state index in [1.54, 1.807) is 20.8 Å². The number of nitrogens with zero attached hydrogens (tertiary/aromatic N) is 2. The summed E-state index contributed by atoms with van der Waals surface area (Å²) >= 11 is 0. The van der Waals surface area contributed by atoms with Gasteiger partial charge in [0.25, 0.3) is 5.69 Å². The smallest absolute Gasteiger partial charge is 0.407 e. The number of carbonyl (C=O) groups excluding carboxylic acids is 2. The number of pyridine rings is 1. The summed E-state index contributed by atoms with van der Waals surface area (Å²) in [5.74, 6) is -0.356. The fraction of sp³-hybridized carbons (Fsp3) is 0.500. The van der Waals surface area contributed by atoms with Gasteiger partial charge in [0, 0.05) is 37.7 Å². The molecule has 1 amide bonds. The molecule has 0 aliphatic heterocycles. The highest BCUT2D eigenvalue weighted by molar-refractivity contribution is 5.92. The number of carbonyl (C=O) groups is 2. The summed E-state index contributed by atoms with van der Waals surface area (Å²) in [5.41, 5.74) is -0.417. The molecular formula is C14H19N3O5. The Kier molecular flexibility index (Phi) is 5.56. The minimum absolute atomic E-state index is 0.0291. The fourth-order valence-corrected chi connectivity index (χ4v) is 1.59. The Labute approximate surface area is 128 Å². The van der Waals surface area contributed by atoms with Gasteiger partial charge in [-0.05, 0) is 20.8 Å². The van der Waals surface area contributed by atoms with Crippen LogP contribution in [0.1, 0.15) is 43.9 Å². The van der Waals surface area contributed by atoms with E-state index in [1.165, 1.54) is 13.0 Å². The molecule has 0 unspecified atom stereocenters. The molecule has 0 aliphatic rings. The van der Waals surface area contributed by atoms with Gasteiger partial charge >= 0.3 is 6.09 Å². The number of alkyl carbamates (subject to hydrolysis) is 1. The molecule has 1 N–H and O–H groups in total. The Morgan fingerprint density at radius 3 is 2.50 bits per heavy atom. The number of rotatable bonds is 5. The molecule has 8 heteroatoms. The molecule has 0 atom stereocenters. The number of ketones is 1. The van der Waals surface area contributed by atoms with Gasteiger partial charge in [-0.3, -0.25) is 14.9 Å². The maximum Gasteiger partial charge on any atom is 0.407 e. The van der Waals surface area contributed by atoms with Crippen LogP contribution in [0.4, 0.5) is 10.5 Å². The van der Waals surface area contributed by atoms with Gasteiger partial charge in [0.05, 0.1) is 4.92 Å². The van der Waals surface area contributed by atoms with Crippen LogP contribution in [0.5, 0.6) is 0 Å². The monoisotopic (exact) mass is 309 g/mol. The molecule has 1 aromatic heterocycles. The first-order chi connectivity index (χ1) is 10.1. The molecule has 0 aromatic carbocycles. The molecule has 1 aromatic rings. The first-order valence-electron chi connectivity index (χ1n) is 6.71. The van der Waals surface area contributed by atoms with E-state index in [9.17, 15) is 19.7 Å². The van der Waals surface area contributed by atoms with Crippen molar-refractivity contribution >= 4 is 17.6 Å². The third-order valence-corrected chi connectivity index (χ3v) is 2.48. The Bertz CT molecular complexity index is 560. The van der Waals surface area contributed by atoms with E-state index in [4.69, 9.17) is 4.74 Å². The highest BCUT2D eigenvalue weighted by atomic mass is 16.6. The molecule has 0 bridgehead atoms. The SMILES string of the molecule is CC(=O)c1cc([N+](=O)[O-])cc(CCNC(=O)OC(C)(C)C)n1. The van der Waals surface area contributed by atoms with Gasteiger partial charge in [0.1, 0.15) is 11.3 Å². The summed E-state index contributed by atoms with van der Waals surface area (Å²) < 4.78 is 5.07. The largest absolute Gasteiger partial charge is 0.444 e. The van der Waals surface area contributed by atoms with E-state index in [2.05, 4.69) is 10.3 Å². The molecule has 22 heavy (non-hydrogen) atoms. The van der Waals surface area contributed by atoms with Crippen molar-refractivity contribution in [2.75, 3.05) is 6.54 Å². The van der Waals surface area contributed by atoms with Crippen LogP contribution in [0, 0.1) is 10.1 Å². The van der Waals surface area contributed by atoms with Crippen molar-refractivity contribution < 1.29 is 19.2 Å². The van der Waals surface area contributed by atoms with Crippen LogP contribution in [0.2, 0.25) is 0 Å². The van der Waals surface area contributed by atoms with E-state index in [0.717, 1.165) is 6.07 Å². The summed E-state index contributed by atoms with van der Waals surface area (Å²) in [5, 5.41) is 13.4. The highest BCUT2D eigenvalue weighted by Crippen LogP contribution is 2.15. The van der Waals surface area contributed by atoms with Crippen molar-refractivity contribution in [3.8, 4) is 0 Å². The molecule has 0 aliphatic carbocycles. The lowest BCUT2D eigenvalue weighted by Crippen LogP contribution is -2.33. The first kappa shape index (κ1) is 17.5. The first-order valence-corrected chi connectivity index (χ1v) is 6.71. The van der Waals surface area contributed by atoms with Crippen LogP contribution in [-0.4, -0.2) is 33.9 Å². The van der Waals surface area contributed by atoms with Crippen molar-refractivity contribution in [2.24, 2.45) is 0 Å². The lowest BCUT2D eigenvalue weighted by molar-refractivity contribution is -0.385. The van der Waals surface area contributed by atoms with Crippen LogP contribution in [-0.2, 0) is 11.2 Å². The molecule has 0 saturated heterocycles. The highest BCUT2D eigenvalue weighted by Gasteiger charge is 2.16. The summed E-state index contributed by atoms with van der Waals surface area (Å²) in [6, 6.07) is 2.41. The second-order valence-corrected chi connectivity index (χ2v) is 5.69. The number of nitro groups is 1. The summed E-state index contributed by atoms with van der Waals surface area (Å²) in [6.45, 7) is 6.71. The molecular weight excluding hydrogens is 290 g/mol. The maximum absolute atomic E-state index is 11.5. The fourth-order valence-electron chi connectivity index (χ4n) is 1.59. The zero-order chi connectivity index (χ0) is 16.9. The number of hydrogen-bond acceptors (Lipinski definition) is 6. The average Bonchev–Trinajstić information content (AvgIpc) is 2.36. The van der Waals surface area contributed by atoms with Crippen molar-refractivity contribution in [1.29, 1.82) is 0 Å². The number of ether oxygens (including phenoxy) is 1. The van der Waals surface area contributed by atoms with Gasteiger partial charge < -0.3 is 10.1 Å². The standard InChI is InChI=1S/C14H19N3O5/c1-9(18)12-8-11(17(20)21)7-10(16-12)5-6-15-13(19)22-14(2,3)4/h7-8H,5-6H2,1-4H3,(H,15,19). The Balaban J connectivity index is 2.71. The topological polar surface area (TPSA) is 111 Å². The summed E-state index contributed by atoms with van der Waals surface area (Å²) in [7, 11) is 0. The van der Waals surface area contributed by atoms with Gasteiger partial charge in [-0.2, -0.15) is 0 Å². The molecule has 1 heterocycles. The average molecular weight is 309 g/mol. The van der Waals surface area contributed by atoms with E-state index in [0.29, 0.717) is 5.69 Å². The number of hydrogen-bond donors (Lipinski definition) is 1. The molecule has 0 fully saturated rings. The lowest BCUT2D eigenvalue weighted by Gasteiger charge is -2.19. The minimum Gasteiger partial charge on any atom is -0.444 e. The zero-order valence-electron chi connectivity index (χ0n) is 13.0. The van der Waals surface area contributed by atoms with Crippen molar-refractivity contribution in [3.05, 3.63) is 33.6 Å². The predicted octanol–water partition coefficient (Wildman–Crippen LogP) is 2.26. The number of aromatic nitrogens is 1. The molecule has 120 valence electrons. The third kappa shape index (κ3) is 5.86. The predicted molar refractivity (Wildman–Crippen MR) is 78.8 cm³/mol. The van der Waals surface area contributed by atoms with Crippen LogP contribution >= 0.6 is 0 Å². The van der Waals surface area contributed by atoms with Crippen LogP contribution < -0.4 is 5.32 Å². The maximum atomic E-state index is 11.5. The van der Waals surface area contributed by atoms with Gasteiger partial charge in [0.2, 0.25) is 0 Å². The second kappa shape index (κ2) is 6.97. The minimum atomic E-state index is -0.602. The van der Waals surface area contributed by atoms with E-state index in [1.807, 2.05) is 0 Å². The van der Waals surface area contributed by atoms with E-state index < -0.39 is 16.6 Å². The number of Topliss-reactive ketones (excluding diaryl/α,β-unsaturated/α-hetero) is 1. The van der Waals surface area contributed by atoms with Crippen LogP contribution in [0.3, 0.4) is 0 Å². The van der Waals surface area contributed by atoms with Crippen LogP contribution in [0.25, 0.3) is 0 Å². The van der Waals surface area contributed by atoms with Crippen molar-refractivity contribution in [2.45, 2.75) is 39.7 Å².